The zero-order valence-corrected chi connectivity index (χ0v) is 6.76. The molecule has 0 amide bonds. The molecule has 0 aliphatic heterocycles. The highest BCUT2D eigenvalue weighted by Crippen LogP contribution is 1.81. The number of Topliss-reactive ketones (excluding diaryl/α,β-unsaturated/α-hetero) is 1. The number of carbonyl (C=O) groups is 1. The topological polar surface area (TPSA) is 111 Å². The van der Waals surface area contributed by atoms with E-state index in [1.165, 1.54) is 6.92 Å². The van der Waals surface area contributed by atoms with Gasteiger partial charge in [-0.1, -0.05) is 0 Å². The van der Waals surface area contributed by atoms with Crippen LogP contribution in [0.15, 0.2) is 0 Å². The molecule has 0 aromatic rings. The molecule has 0 saturated heterocycles. The van der Waals surface area contributed by atoms with Gasteiger partial charge < -0.3 is 5.73 Å². The molecule has 1 atom stereocenters. The maximum atomic E-state index is 10.7. The summed E-state index contributed by atoms with van der Waals surface area (Å²) in [4.78, 5) is 13.4. The van der Waals surface area contributed by atoms with Crippen LogP contribution >= 0.6 is 0 Å². The van der Waals surface area contributed by atoms with Gasteiger partial charge in [-0.25, -0.2) is 0 Å². The Balaban J connectivity index is 3.55. The van der Waals surface area contributed by atoms with Crippen LogP contribution in [0.25, 0.3) is 0 Å². The van der Waals surface area contributed by atoms with Crippen LogP contribution in [-0.2, 0) is 4.79 Å². The van der Waals surface area contributed by atoms with Crippen molar-refractivity contribution in [3.05, 3.63) is 0 Å². The average molecular weight is 160 g/mol. The predicted molar refractivity (Wildman–Crippen MR) is 41.2 cm³/mol. The van der Waals surface area contributed by atoms with E-state index < -0.39 is 0 Å². The smallest absolute Gasteiger partial charge is 0.338 e. The van der Waals surface area contributed by atoms with Crippen LogP contribution in [0, 0.1) is 0 Å². The Morgan fingerprint density at radius 3 is 2.55 bits per heavy atom. The van der Waals surface area contributed by atoms with Crippen molar-refractivity contribution >= 4 is 11.7 Å². The van der Waals surface area contributed by atoms with E-state index >= 15 is 0 Å². The number of hydrogen-bond acceptors (Lipinski definition) is 1. The molecule has 0 heterocycles. The first kappa shape index (κ1) is 9.90. The van der Waals surface area contributed by atoms with Gasteiger partial charge in [0.15, 0.2) is 5.78 Å². The highest BCUT2D eigenvalue weighted by Gasteiger charge is 2.10. The van der Waals surface area contributed by atoms with Gasteiger partial charge in [-0.05, 0) is 0 Å². The van der Waals surface area contributed by atoms with Crippen LogP contribution < -0.4 is 22.2 Å². The lowest BCUT2D eigenvalue weighted by molar-refractivity contribution is -0.477. The quantitative estimate of drug-likeness (QED) is 0.248. The average Bonchev–Trinajstić information content (AvgIpc) is 1.86. The highest BCUT2D eigenvalue weighted by atomic mass is 16.1. The Morgan fingerprint density at radius 1 is 1.64 bits per heavy atom. The van der Waals surface area contributed by atoms with Gasteiger partial charge in [0.2, 0.25) is 0 Å². The number of guanidine groups is 1. The predicted octanol–water partition coefficient (Wildman–Crippen LogP) is -4.07. The number of rotatable bonds is 4. The molecule has 11 heavy (non-hydrogen) atoms. The van der Waals surface area contributed by atoms with Gasteiger partial charge in [0.05, 0.1) is 6.54 Å². The first-order valence-corrected chi connectivity index (χ1v) is 3.49. The van der Waals surface area contributed by atoms with Gasteiger partial charge in [0.25, 0.3) is 0 Å². The van der Waals surface area contributed by atoms with E-state index in [0.717, 1.165) is 0 Å². The Bertz CT molecular complexity index is 162. The summed E-state index contributed by atoms with van der Waals surface area (Å²) in [6.07, 6.45) is 0.660. The van der Waals surface area contributed by atoms with Crippen LogP contribution in [-0.4, -0.2) is 24.3 Å². The summed E-state index contributed by atoms with van der Waals surface area (Å²) in [5, 5.41) is 0. The first-order chi connectivity index (χ1) is 5.04. The molecule has 0 spiro atoms. The molecule has 1 unspecified atom stereocenters. The van der Waals surface area contributed by atoms with Gasteiger partial charge in [-0.15, -0.1) is 0 Å². The molecule has 0 bridgehead atoms. The van der Waals surface area contributed by atoms with E-state index in [-0.39, 0.29) is 17.8 Å². The number of carbonyl (C=O) groups excluding carboxylic acids is 1. The van der Waals surface area contributed by atoms with Crippen LogP contribution in [0.5, 0.6) is 0 Å². The fourth-order valence-corrected chi connectivity index (χ4v) is 0.594. The number of ketones is 1. The van der Waals surface area contributed by atoms with E-state index in [1.807, 2.05) is 0 Å². The van der Waals surface area contributed by atoms with Crippen LogP contribution in [0.1, 0.15) is 13.3 Å². The van der Waals surface area contributed by atoms with Crippen LogP contribution in [0.3, 0.4) is 0 Å². The lowest BCUT2D eigenvalue weighted by Gasteiger charge is -1.99. The number of nitrogens with one attached hydrogen (secondary N) is 1. The molecular formula is C6H16N4O+2. The van der Waals surface area contributed by atoms with Crippen molar-refractivity contribution in [2.75, 3.05) is 6.54 Å². The van der Waals surface area contributed by atoms with E-state index in [1.54, 1.807) is 0 Å². The Labute approximate surface area is 65.6 Å². The SMILES string of the molecule is CC(=O)C([NH3+])CC[NH+]=C(N)N. The second-order valence-electron chi connectivity index (χ2n) is 2.48. The van der Waals surface area contributed by atoms with Crippen LogP contribution in [0.2, 0.25) is 0 Å². The van der Waals surface area contributed by atoms with Gasteiger partial charge in [-0.3, -0.25) is 21.3 Å². The summed E-state index contributed by atoms with van der Waals surface area (Å²) in [5.41, 5.74) is 13.9. The molecule has 5 nitrogen and oxygen atoms in total. The fraction of sp³-hybridized carbons (Fsp3) is 0.667. The molecule has 0 aliphatic rings. The third kappa shape index (κ3) is 5.35. The number of hydrogen-bond donors (Lipinski definition) is 4. The summed E-state index contributed by atoms with van der Waals surface area (Å²) < 4.78 is 0. The molecule has 0 aliphatic carbocycles. The minimum atomic E-state index is -0.165. The van der Waals surface area contributed by atoms with Crippen molar-refractivity contribution in [2.45, 2.75) is 19.4 Å². The highest BCUT2D eigenvalue weighted by molar-refractivity contribution is 5.79. The minimum absolute atomic E-state index is 0.0855. The fourth-order valence-electron chi connectivity index (χ4n) is 0.594. The summed E-state index contributed by atoms with van der Waals surface area (Å²) in [6, 6.07) is -0.165. The molecule has 0 radical (unpaired) electrons. The molecule has 0 saturated carbocycles. The third-order valence-electron chi connectivity index (χ3n) is 1.40. The maximum Gasteiger partial charge on any atom is 0.338 e. The molecule has 0 fully saturated rings. The van der Waals surface area contributed by atoms with E-state index in [4.69, 9.17) is 11.5 Å². The summed E-state index contributed by atoms with van der Waals surface area (Å²) in [6.45, 7) is 2.11. The van der Waals surface area contributed by atoms with Crippen molar-refractivity contribution in [1.82, 2.24) is 0 Å². The van der Waals surface area contributed by atoms with Crippen molar-refractivity contribution in [3.8, 4) is 0 Å². The summed E-state index contributed by atoms with van der Waals surface area (Å²) in [7, 11) is 0. The van der Waals surface area contributed by atoms with Crippen LogP contribution in [0.4, 0.5) is 0 Å². The summed E-state index contributed by atoms with van der Waals surface area (Å²) >= 11 is 0. The zero-order valence-electron chi connectivity index (χ0n) is 6.76. The van der Waals surface area contributed by atoms with Gasteiger partial charge in [-0.2, -0.15) is 0 Å². The Kier molecular flexibility index (Phi) is 4.21. The first-order valence-electron chi connectivity index (χ1n) is 3.49. The van der Waals surface area contributed by atoms with Crippen molar-refractivity contribution in [1.29, 1.82) is 0 Å². The maximum absolute atomic E-state index is 10.7. The van der Waals surface area contributed by atoms with E-state index in [9.17, 15) is 4.79 Å². The Hall–Kier alpha value is -1.10. The third-order valence-corrected chi connectivity index (χ3v) is 1.40. The van der Waals surface area contributed by atoms with Crippen molar-refractivity contribution in [2.24, 2.45) is 11.5 Å². The van der Waals surface area contributed by atoms with Gasteiger partial charge in [0, 0.05) is 13.3 Å². The monoisotopic (exact) mass is 160 g/mol. The second-order valence-corrected chi connectivity index (χ2v) is 2.48. The summed E-state index contributed by atoms with van der Waals surface area (Å²) in [5.74, 6) is 0.267. The molecule has 5 heteroatoms. The standard InChI is InChI=1S/C6H14N4O/c1-4(11)5(7)2-3-10-6(8)9/h5H,2-3,7H2,1H3,(H4,8,9,10)/p+2. The lowest BCUT2D eigenvalue weighted by Crippen LogP contribution is -2.80. The van der Waals surface area contributed by atoms with Crippen molar-refractivity contribution in [3.63, 3.8) is 0 Å². The number of quaternary nitrogens is 1. The largest absolute Gasteiger partial charge is 0.349 e. The molecule has 64 valence electrons. The Morgan fingerprint density at radius 2 is 2.18 bits per heavy atom. The number of nitrogens with two attached hydrogens (primary N) is 2. The molecule has 0 aromatic heterocycles. The van der Waals surface area contributed by atoms with E-state index in [2.05, 4.69) is 10.7 Å². The van der Waals surface area contributed by atoms with Gasteiger partial charge >= 0.3 is 5.96 Å². The molecular weight excluding hydrogens is 144 g/mol. The molecule has 0 rings (SSSR count). The lowest BCUT2D eigenvalue weighted by atomic mass is 10.1. The van der Waals surface area contributed by atoms with E-state index in [0.29, 0.717) is 13.0 Å². The van der Waals surface area contributed by atoms with Crippen molar-refractivity contribution < 1.29 is 15.5 Å². The minimum Gasteiger partial charge on any atom is -0.349 e. The molecule has 0 aromatic carbocycles. The second kappa shape index (κ2) is 4.68. The van der Waals surface area contributed by atoms with Gasteiger partial charge in [0.1, 0.15) is 6.04 Å². The molecule has 8 N–H and O–H groups in total. The zero-order chi connectivity index (χ0) is 8.85. The normalized spacial score (nSPS) is 12.2.